The van der Waals surface area contributed by atoms with Gasteiger partial charge in [-0.15, -0.1) is 0 Å². The van der Waals surface area contributed by atoms with Crippen LogP contribution in [0.3, 0.4) is 0 Å². The number of benzene rings is 1. The van der Waals surface area contributed by atoms with E-state index in [0.717, 1.165) is 34.7 Å². The van der Waals surface area contributed by atoms with Crippen LogP contribution in [0.4, 0.5) is 15.3 Å². The summed E-state index contributed by atoms with van der Waals surface area (Å²) in [6, 6.07) is 6.29. The van der Waals surface area contributed by atoms with E-state index in [-0.39, 0.29) is 17.6 Å². The second-order valence-electron chi connectivity index (χ2n) is 6.21. The lowest BCUT2D eigenvalue weighted by Crippen LogP contribution is -2.40. The smallest absolute Gasteiger partial charge is 0.230 e. The molecule has 4 rings (SSSR count). The number of aryl methyl sites for hydroxylation is 1. The molecule has 130 valence electrons. The molecule has 0 spiro atoms. The highest BCUT2D eigenvalue weighted by Gasteiger charge is 2.28. The largest absolute Gasteiger partial charge is 0.360 e. The van der Waals surface area contributed by atoms with Crippen molar-refractivity contribution in [2.75, 3.05) is 23.3 Å². The highest BCUT2D eigenvalue weighted by atomic mass is 32.1. The first-order chi connectivity index (χ1) is 12.1. The Hall–Kier alpha value is -2.48. The van der Waals surface area contributed by atoms with Crippen LogP contribution in [0.5, 0.6) is 0 Å². The molecular formula is C17H17FN4O2S. The van der Waals surface area contributed by atoms with Crippen molar-refractivity contribution in [3.63, 3.8) is 0 Å². The van der Waals surface area contributed by atoms with Gasteiger partial charge < -0.3 is 14.7 Å². The van der Waals surface area contributed by atoms with Crippen molar-refractivity contribution in [2.24, 2.45) is 5.92 Å². The topological polar surface area (TPSA) is 71.3 Å². The Balaban J connectivity index is 1.48. The van der Waals surface area contributed by atoms with Crippen molar-refractivity contribution in [3.05, 3.63) is 35.8 Å². The maximum atomic E-state index is 13.4. The lowest BCUT2D eigenvalue weighted by Gasteiger charge is -2.31. The maximum absolute atomic E-state index is 13.4. The molecule has 6 nitrogen and oxygen atoms in total. The Morgan fingerprint density at radius 3 is 3.12 bits per heavy atom. The molecule has 1 fully saturated rings. The van der Waals surface area contributed by atoms with Gasteiger partial charge in [0.25, 0.3) is 0 Å². The minimum absolute atomic E-state index is 0.0647. The number of amides is 1. The van der Waals surface area contributed by atoms with Crippen LogP contribution in [-0.2, 0) is 4.79 Å². The quantitative estimate of drug-likeness (QED) is 0.773. The second kappa shape index (κ2) is 6.44. The number of aromatic nitrogens is 2. The molecule has 0 bridgehead atoms. The zero-order valence-electron chi connectivity index (χ0n) is 13.7. The van der Waals surface area contributed by atoms with Gasteiger partial charge in [-0.2, -0.15) is 0 Å². The van der Waals surface area contributed by atoms with Gasteiger partial charge in [-0.1, -0.05) is 16.5 Å². The van der Waals surface area contributed by atoms with E-state index in [1.807, 2.05) is 0 Å². The second-order valence-corrected chi connectivity index (χ2v) is 7.21. The van der Waals surface area contributed by atoms with Crippen LogP contribution in [-0.4, -0.2) is 29.1 Å². The molecule has 0 saturated carbocycles. The van der Waals surface area contributed by atoms with Gasteiger partial charge in [-0.3, -0.25) is 4.79 Å². The maximum Gasteiger partial charge on any atom is 0.230 e. The normalized spacial score (nSPS) is 17.8. The third-order valence-electron chi connectivity index (χ3n) is 4.28. The predicted molar refractivity (Wildman–Crippen MR) is 94.4 cm³/mol. The zero-order chi connectivity index (χ0) is 17.4. The molecule has 8 heteroatoms. The molecule has 1 aliphatic rings. The lowest BCUT2D eigenvalue weighted by atomic mass is 9.97. The number of hydrogen-bond donors (Lipinski definition) is 1. The molecule has 1 unspecified atom stereocenters. The van der Waals surface area contributed by atoms with E-state index in [1.165, 1.54) is 23.5 Å². The fourth-order valence-corrected chi connectivity index (χ4v) is 4.07. The number of rotatable bonds is 3. The van der Waals surface area contributed by atoms with Crippen molar-refractivity contribution in [3.8, 4) is 0 Å². The van der Waals surface area contributed by atoms with Crippen molar-refractivity contribution in [2.45, 2.75) is 19.8 Å². The number of carbonyl (C=O) groups is 1. The summed E-state index contributed by atoms with van der Waals surface area (Å²) in [6.45, 7) is 3.21. The van der Waals surface area contributed by atoms with E-state index in [1.54, 1.807) is 19.1 Å². The van der Waals surface area contributed by atoms with Gasteiger partial charge in [0, 0.05) is 19.2 Å². The number of halogens is 1. The Kier molecular flexibility index (Phi) is 4.12. The van der Waals surface area contributed by atoms with Crippen LogP contribution < -0.4 is 10.2 Å². The first-order valence-corrected chi connectivity index (χ1v) is 8.95. The van der Waals surface area contributed by atoms with Gasteiger partial charge in [0.2, 0.25) is 5.91 Å². The van der Waals surface area contributed by atoms with Gasteiger partial charge in [0.15, 0.2) is 10.9 Å². The molecule has 1 amide bonds. The monoisotopic (exact) mass is 360 g/mol. The Bertz CT molecular complexity index is 922. The third-order valence-corrected chi connectivity index (χ3v) is 5.36. The Labute approximate surface area is 147 Å². The lowest BCUT2D eigenvalue weighted by molar-refractivity contribution is -0.120. The van der Waals surface area contributed by atoms with Gasteiger partial charge in [0.1, 0.15) is 11.6 Å². The average molecular weight is 360 g/mol. The van der Waals surface area contributed by atoms with Crippen LogP contribution in [0.25, 0.3) is 10.2 Å². The molecule has 3 aromatic rings. The summed E-state index contributed by atoms with van der Waals surface area (Å²) >= 11 is 1.45. The summed E-state index contributed by atoms with van der Waals surface area (Å²) in [5, 5.41) is 7.43. The molecule has 3 heterocycles. The van der Waals surface area contributed by atoms with E-state index < -0.39 is 0 Å². The number of fused-ring (bicyclic) bond motifs is 1. The fraction of sp³-hybridized carbons (Fsp3) is 0.353. The van der Waals surface area contributed by atoms with E-state index in [9.17, 15) is 9.18 Å². The summed E-state index contributed by atoms with van der Waals surface area (Å²) in [4.78, 5) is 19.2. The van der Waals surface area contributed by atoms with Gasteiger partial charge in [0.05, 0.1) is 16.1 Å². The van der Waals surface area contributed by atoms with Crippen LogP contribution in [0.15, 0.2) is 28.8 Å². The fourth-order valence-electron chi connectivity index (χ4n) is 3.04. The molecule has 25 heavy (non-hydrogen) atoms. The summed E-state index contributed by atoms with van der Waals surface area (Å²) < 4.78 is 19.2. The molecule has 1 saturated heterocycles. The highest BCUT2D eigenvalue weighted by molar-refractivity contribution is 7.22. The van der Waals surface area contributed by atoms with Crippen molar-refractivity contribution in [1.29, 1.82) is 0 Å². The number of anilines is 2. The van der Waals surface area contributed by atoms with Crippen LogP contribution in [0, 0.1) is 18.7 Å². The van der Waals surface area contributed by atoms with Crippen molar-refractivity contribution < 1.29 is 13.7 Å². The first kappa shape index (κ1) is 16.0. The van der Waals surface area contributed by atoms with E-state index >= 15 is 0 Å². The van der Waals surface area contributed by atoms with Gasteiger partial charge >= 0.3 is 0 Å². The molecule has 1 atom stereocenters. The van der Waals surface area contributed by atoms with Gasteiger partial charge in [-0.25, -0.2) is 9.37 Å². The van der Waals surface area contributed by atoms with E-state index in [2.05, 4.69) is 20.4 Å². The first-order valence-electron chi connectivity index (χ1n) is 8.14. The molecular weight excluding hydrogens is 343 g/mol. The van der Waals surface area contributed by atoms with Crippen molar-refractivity contribution in [1.82, 2.24) is 10.1 Å². The minimum atomic E-state index is -0.262. The number of nitrogens with zero attached hydrogens (tertiary/aromatic N) is 3. The zero-order valence-corrected chi connectivity index (χ0v) is 14.5. The number of nitrogens with one attached hydrogen (secondary N) is 1. The summed E-state index contributed by atoms with van der Waals surface area (Å²) in [6.07, 6.45) is 1.72. The van der Waals surface area contributed by atoms with Crippen LogP contribution >= 0.6 is 11.3 Å². The Morgan fingerprint density at radius 2 is 2.32 bits per heavy atom. The standard InChI is InChI=1S/C17H17FN4O2S/c1-10-7-15(21-24-10)20-16(23)11-3-2-6-22(9-11)17-19-13-5-4-12(18)8-14(13)25-17/h4-5,7-8,11H,2-3,6,9H2,1H3,(H,20,21,23). The molecule has 1 N–H and O–H groups in total. The SMILES string of the molecule is Cc1cc(NC(=O)C2CCCN(c3nc4ccc(F)cc4s3)C2)no1. The van der Waals surface area contributed by atoms with Crippen molar-refractivity contribution >= 4 is 38.4 Å². The number of carbonyl (C=O) groups excluding carboxylic acids is 1. The summed E-state index contributed by atoms with van der Waals surface area (Å²) in [5.41, 5.74) is 0.783. The third kappa shape index (κ3) is 3.34. The van der Waals surface area contributed by atoms with E-state index in [0.29, 0.717) is 18.1 Å². The molecule has 0 aliphatic carbocycles. The minimum Gasteiger partial charge on any atom is -0.360 e. The molecule has 1 aliphatic heterocycles. The highest BCUT2D eigenvalue weighted by Crippen LogP contribution is 2.32. The number of hydrogen-bond acceptors (Lipinski definition) is 6. The molecule has 1 aromatic carbocycles. The van der Waals surface area contributed by atoms with E-state index in [4.69, 9.17) is 4.52 Å². The summed E-state index contributed by atoms with van der Waals surface area (Å²) in [5.74, 6) is 0.624. The summed E-state index contributed by atoms with van der Waals surface area (Å²) in [7, 11) is 0. The Morgan fingerprint density at radius 1 is 1.44 bits per heavy atom. The number of piperidine rings is 1. The molecule has 0 radical (unpaired) electrons. The molecule has 2 aromatic heterocycles. The number of thiazole rings is 1. The predicted octanol–water partition coefficient (Wildman–Crippen LogP) is 3.59. The van der Waals surface area contributed by atoms with Crippen LogP contribution in [0.2, 0.25) is 0 Å². The van der Waals surface area contributed by atoms with Crippen LogP contribution in [0.1, 0.15) is 18.6 Å². The average Bonchev–Trinajstić information content (AvgIpc) is 3.20. The van der Waals surface area contributed by atoms with Gasteiger partial charge in [-0.05, 0) is 38.0 Å².